The summed E-state index contributed by atoms with van der Waals surface area (Å²) in [5, 5.41) is 0. The monoisotopic (exact) mass is 248 g/mol. The first-order chi connectivity index (χ1) is 8.63. The molecule has 5 heteroatoms. The summed E-state index contributed by atoms with van der Waals surface area (Å²) in [5.74, 6) is 5.37. The number of likely N-dealkylation sites (tertiary alicyclic amines) is 1. The molecule has 1 aliphatic rings. The first kappa shape index (κ1) is 12.7. The van der Waals surface area contributed by atoms with E-state index in [4.69, 9.17) is 11.6 Å². The van der Waals surface area contributed by atoms with Crippen molar-refractivity contribution in [2.24, 2.45) is 5.84 Å². The Kier molecular flexibility index (Phi) is 3.72. The molecule has 5 nitrogen and oxygen atoms in total. The van der Waals surface area contributed by atoms with E-state index in [1.165, 1.54) is 6.42 Å². The van der Waals surface area contributed by atoms with Crippen LogP contribution >= 0.6 is 0 Å². The number of amides is 1. The number of carbonyl (C=O) groups excluding carboxylic acids is 1. The lowest BCUT2D eigenvalue weighted by Gasteiger charge is -2.33. The summed E-state index contributed by atoms with van der Waals surface area (Å²) in [4.78, 5) is 14.3. The van der Waals surface area contributed by atoms with Crippen LogP contribution in [-0.4, -0.2) is 23.4 Å². The Bertz CT molecular complexity index is 447. The fraction of sp³-hybridized carbons (Fsp3) is 0.462. The zero-order chi connectivity index (χ0) is 13.1. The van der Waals surface area contributed by atoms with Crippen molar-refractivity contribution in [2.45, 2.75) is 32.2 Å². The van der Waals surface area contributed by atoms with Crippen LogP contribution in [0.1, 0.15) is 36.5 Å². The van der Waals surface area contributed by atoms with Crippen molar-refractivity contribution in [1.29, 1.82) is 0 Å². The number of hydrazine groups is 1. The van der Waals surface area contributed by atoms with Gasteiger partial charge in [-0.15, -0.1) is 0 Å². The average Bonchev–Trinajstić information content (AvgIpc) is 2.38. The quantitative estimate of drug-likeness (QED) is 0.421. The topological polar surface area (TPSA) is 84.4 Å². The van der Waals surface area contributed by atoms with E-state index in [9.17, 15) is 4.79 Å². The van der Waals surface area contributed by atoms with Crippen LogP contribution in [0.15, 0.2) is 18.2 Å². The molecule has 0 aliphatic carbocycles. The summed E-state index contributed by atoms with van der Waals surface area (Å²) >= 11 is 0. The Labute approximate surface area is 107 Å². The van der Waals surface area contributed by atoms with Crippen LogP contribution in [-0.2, 0) is 0 Å². The number of piperidine rings is 1. The number of hydrogen-bond donors (Lipinski definition) is 3. The van der Waals surface area contributed by atoms with Crippen molar-refractivity contribution in [3.05, 3.63) is 23.8 Å². The molecule has 0 spiro atoms. The molecule has 5 N–H and O–H groups in total. The molecule has 0 aromatic heterocycles. The summed E-state index contributed by atoms with van der Waals surface area (Å²) < 4.78 is 0. The van der Waals surface area contributed by atoms with Gasteiger partial charge in [0.05, 0.1) is 11.4 Å². The van der Waals surface area contributed by atoms with Gasteiger partial charge in [0, 0.05) is 18.2 Å². The summed E-state index contributed by atoms with van der Waals surface area (Å²) in [7, 11) is 0. The third kappa shape index (κ3) is 2.41. The maximum absolute atomic E-state index is 12.4. The third-order valence-electron chi connectivity index (χ3n) is 3.52. The second-order valence-corrected chi connectivity index (χ2v) is 4.79. The predicted molar refractivity (Wildman–Crippen MR) is 73.0 cm³/mol. The fourth-order valence-corrected chi connectivity index (χ4v) is 2.39. The van der Waals surface area contributed by atoms with Crippen LogP contribution in [0.25, 0.3) is 0 Å². The molecular weight excluding hydrogens is 228 g/mol. The molecule has 0 radical (unpaired) electrons. The average molecular weight is 248 g/mol. The number of benzene rings is 1. The minimum absolute atomic E-state index is 0.0532. The van der Waals surface area contributed by atoms with Gasteiger partial charge in [-0.05, 0) is 44.4 Å². The van der Waals surface area contributed by atoms with Crippen LogP contribution in [0.4, 0.5) is 11.4 Å². The predicted octanol–water partition coefficient (Wildman–Crippen LogP) is 1.57. The first-order valence-electron chi connectivity index (χ1n) is 6.30. The largest absolute Gasteiger partial charge is 0.397 e. The van der Waals surface area contributed by atoms with Gasteiger partial charge in [-0.25, -0.2) is 0 Å². The zero-order valence-electron chi connectivity index (χ0n) is 10.6. The van der Waals surface area contributed by atoms with E-state index in [1.54, 1.807) is 18.2 Å². The fourth-order valence-electron chi connectivity index (χ4n) is 2.39. The van der Waals surface area contributed by atoms with Gasteiger partial charge in [0.2, 0.25) is 0 Å². The molecule has 1 aromatic carbocycles. The van der Waals surface area contributed by atoms with Crippen molar-refractivity contribution in [3.8, 4) is 0 Å². The number of rotatable bonds is 2. The normalized spacial score (nSPS) is 19.7. The minimum Gasteiger partial charge on any atom is -0.397 e. The lowest BCUT2D eigenvalue weighted by atomic mass is 10.0. The minimum atomic E-state index is 0.0532. The molecule has 1 amide bonds. The zero-order valence-corrected chi connectivity index (χ0v) is 10.6. The first-order valence-corrected chi connectivity index (χ1v) is 6.30. The molecule has 1 atom stereocenters. The van der Waals surface area contributed by atoms with E-state index in [0.717, 1.165) is 19.4 Å². The number of hydrogen-bond acceptors (Lipinski definition) is 4. The van der Waals surface area contributed by atoms with E-state index in [-0.39, 0.29) is 5.91 Å². The molecule has 0 saturated carbocycles. The SMILES string of the molecule is CC1CCCCN1C(=O)c1ccc(NN)c(N)c1. The summed E-state index contributed by atoms with van der Waals surface area (Å²) in [6.45, 7) is 2.92. The van der Waals surface area contributed by atoms with Gasteiger partial charge >= 0.3 is 0 Å². The van der Waals surface area contributed by atoms with E-state index >= 15 is 0 Å². The molecule has 1 saturated heterocycles. The highest BCUT2D eigenvalue weighted by atomic mass is 16.2. The molecule has 2 rings (SSSR count). The molecule has 1 unspecified atom stereocenters. The lowest BCUT2D eigenvalue weighted by Crippen LogP contribution is -2.42. The number of carbonyl (C=O) groups is 1. The van der Waals surface area contributed by atoms with Crippen molar-refractivity contribution in [2.75, 3.05) is 17.7 Å². The maximum Gasteiger partial charge on any atom is 0.254 e. The number of nitrogens with one attached hydrogen (secondary N) is 1. The van der Waals surface area contributed by atoms with Gasteiger partial charge in [-0.3, -0.25) is 10.6 Å². The van der Waals surface area contributed by atoms with Crippen LogP contribution < -0.4 is 17.0 Å². The Balaban J connectivity index is 2.20. The number of nitrogen functional groups attached to an aromatic ring is 2. The molecule has 0 bridgehead atoms. The third-order valence-corrected chi connectivity index (χ3v) is 3.52. The van der Waals surface area contributed by atoms with Gasteiger partial charge in [-0.1, -0.05) is 0 Å². The Hall–Kier alpha value is -1.75. The van der Waals surface area contributed by atoms with Gasteiger partial charge in [0.15, 0.2) is 0 Å². The van der Waals surface area contributed by atoms with Crippen LogP contribution in [0.3, 0.4) is 0 Å². The highest BCUT2D eigenvalue weighted by Gasteiger charge is 2.24. The number of nitrogens with zero attached hydrogens (tertiary/aromatic N) is 1. The second-order valence-electron chi connectivity index (χ2n) is 4.79. The van der Waals surface area contributed by atoms with Crippen LogP contribution in [0.5, 0.6) is 0 Å². The number of nitrogens with two attached hydrogens (primary N) is 2. The van der Waals surface area contributed by atoms with E-state index < -0.39 is 0 Å². The van der Waals surface area contributed by atoms with Gasteiger partial charge < -0.3 is 16.1 Å². The van der Waals surface area contributed by atoms with Crippen molar-refractivity contribution in [1.82, 2.24) is 4.90 Å². The van der Waals surface area contributed by atoms with Crippen LogP contribution in [0, 0.1) is 0 Å². The molecule has 1 fully saturated rings. The van der Waals surface area contributed by atoms with E-state index in [1.807, 2.05) is 4.90 Å². The molecule has 98 valence electrons. The maximum atomic E-state index is 12.4. The molecule has 1 heterocycles. The Morgan fingerprint density at radius 1 is 1.44 bits per heavy atom. The highest BCUT2D eigenvalue weighted by Crippen LogP contribution is 2.23. The van der Waals surface area contributed by atoms with E-state index in [2.05, 4.69) is 12.3 Å². The molecule has 1 aliphatic heterocycles. The van der Waals surface area contributed by atoms with Crippen molar-refractivity contribution in [3.63, 3.8) is 0 Å². The smallest absolute Gasteiger partial charge is 0.254 e. The van der Waals surface area contributed by atoms with Gasteiger partial charge in [0.25, 0.3) is 5.91 Å². The molecule has 1 aromatic rings. The lowest BCUT2D eigenvalue weighted by molar-refractivity contribution is 0.0635. The van der Waals surface area contributed by atoms with E-state index in [0.29, 0.717) is 23.0 Å². The Morgan fingerprint density at radius 3 is 2.83 bits per heavy atom. The Morgan fingerprint density at radius 2 is 2.22 bits per heavy atom. The highest BCUT2D eigenvalue weighted by molar-refractivity contribution is 5.96. The second kappa shape index (κ2) is 5.27. The summed E-state index contributed by atoms with van der Waals surface area (Å²) in [6.07, 6.45) is 3.35. The molecule has 18 heavy (non-hydrogen) atoms. The summed E-state index contributed by atoms with van der Waals surface area (Å²) in [5.41, 5.74) is 10.1. The van der Waals surface area contributed by atoms with Crippen LogP contribution in [0.2, 0.25) is 0 Å². The van der Waals surface area contributed by atoms with Crippen molar-refractivity contribution < 1.29 is 4.79 Å². The standard InChI is InChI=1S/C13H20N4O/c1-9-4-2-3-7-17(9)13(18)10-5-6-12(16-15)11(14)8-10/h5-6,8-9,16H,2-4,7,14-15H2,1H3. The summed E-state index contributed by atoms with van der Waals surface area (Å²) in [6, 6.07) is 5.48. The molecular formula is C13H20N4O. The van der Waals surface area contributed by atoms with Gasteiger partial charge in [-0.2, -0.15) is 0 Å². The van der Waals surface area contributed by atoms with Gasteiger partial charge in [0.1, 0.15) is 0 Å². The van der Waals surface area contributed by atoms with Crippen molar-refractivity contribution >= 4 is 17.3 Å². The number of anilines is 2.